The quantitative estimate of drug-likeness (QED) is 0.130. The van der Waals surface area contributed by atoms with Crippen LogP contribution in [0.2, 0.25) is 0 Å². The monoisotopic (exact) mass is 493 g/mol. The molecule has 0 bridgehead atoms. The zero-order valence-electron chi connectivity index (χ0n) is 21.9. The summed E-state index contributed by atoms with van der Waals surface area (Å²) in [6, 6.07) is 3.40. The topological polar surface area (TPSA) is 83.5 Å². The summed E-state index contributed by atoms with van der Waals surface area (Å²) < 4.78 is 33.9. The Hall–Kier alpha value is -1.66. The zero-order chi connectivity index (χ0) is 25.6. The highest BCUT2D eigenvalue weighted by atomic mass is 32.2. The van der Waals surface area contributed by atoms with E-state index in [4.69, 9.17) is 0 Å². The van der Waals surface area contributed by atoms with E-state index >= 15 is 0 Å². The van der Waals surface area contributed by atoms with E-state index in [-0.39, 0.29) is 16.2 Å². The molecule has 0 aliphatic carbocycles. The number of hydrogen-bond donors (Lipinski definition) is 2. The molecule has 2 N–H and O–H groups in total. The summed E-state index contributed by atoms with van der Waals surface area (Å²) >= 11 is 0. The van der Waals surface area contributed by atoms with Crippen LogP contribution in [0.4, 0.5) is 0 Å². The molecule has 5 nitrogen and oxygen atoms in total. The molecule has 1 aromatic carbocycles. The van der Waals surface area contributed by atoms with Gasteiger partial charge in [-0.15, -0.1) is 0 Å². The van der Waals surface area contributed by atoms with Crippen molar-refractivity contribution in [2.75, 3.05) is 6.54 Å². The molecule has 0 aliphatic rings. The summed E-state index contributed by atoms with van der Waals surface area (Å²) in [5.41, 5.74) is 2.60. The van der Waals surface area contributed by atoms with Crippen LogP contribution in [-0.4, -0.2) is 25.4 Å². The van der Waals surface area contributed by atoms with Gasteiger partial charge in [-0.1, -0.05) is 91.2 Å². The highest BCUT2D eigenvalue weighted by Crippen LogP contribution is 2.35. The van der Waals surface area contributed by atoms with Crippen LogP contribution in [0.3, 0.4) is 0 Å². The fourth-order valence-electron chi connectivity index (χ4n) is 4.76. The lowest BCUT2D eigenvalue weighted by atomic mass is 9.77. The molecule has 0 fully saturated rings. The third-order valence-electron chi connectivity index (χ3n) is 6.81. The molecule has 0 atom stereocenters. The van der Waals surface area contributed by atoms with Crippen molar-refractivity contribution in [3.8, 4) is 0 Å². The van der Waals surface area contributed by atoms with Crippen LogP contribution in [0, 0.1) is 6.92 Å². The third kappa shape index (κ3) is 10.7. The van der Waals surface area contributed by atoms with Crippen LogP contribution >= 0.6 is 0 Å². The van der Waals surface area contributed by atoms with Crippen LogP contribution < -0.4 is 5.32 Å². The molecular weight excluding hydrogens is 446 g/mol. The second-order valence-corrected chi connectivity index (χ2v) is 11.5. The van der Waals surface area contributed by atoms with Gasteiger partial charge in [0.2, 0.25) is 5.91 Å². The molecule has 1 amide bonds. The van der Waals surface area contributed by atoms with Crippen LogP contribution in [0.25, 0.3) is 0 Å². The number of carbonyl (C=O) groups is 1. The van der Waals surface area contributed by atoms with Crippen molar-refractivity contribution in [3.05, 3.63) is 41.5 Å². The first kappa shape index (κ1) is 30.4. The van der Waals surface area contributed by atoms with Gasteiger partial charge in [-0.25, -0.2) is 0 Å². The van der Waals surface area contributed by atoms with Crippen LogP contribution in [0.15, 0.2) is 29.7 Å². The van der Waals surface area contributed by atoms with E-state index in [2.05, 4.69) is 32.7 Å². The van der Waals surface area contributed by atoms with Crippen LogP contribution in [0.5, 0.6) is 0 Å². The Morgan fingerprint density at radius 2 is 1.56 bits per heavy atom. The van der Waals surface area contributed by atoms with E-state index in [1.807, 2.05) is 13.0 Å². The average molecular weight is 494 g/mol. The van der Waals surface area contributed by atoms with E-state index < -0.39 is 10.1 Å². The smallest absolute Gasteiger partial charge is 0.294 e. The Labute approximate surface area is 208 Å². The van der Waals surface area contributed by atoms with Crippen LogP contribution in [0.1, 0.15) is 115 Å². The molecular formula is C28H47NO4S. The summed E-state index contributed by atoms with van der Waals surface area (Å²) in [4.78, 5) is 11.4. The van der Waals surface area contributed by atoms with Crippen molar-refractivity contribution in [1.82, 2.24) is 5.32 Å². The number of unbranched alkanes of at least 4 members (excludes halogenated alkanes) is 9. The van der Waals surface area contributed by atoms with E-state index in [0.717, 1.165) is 48.8 Å². The molecule has 0 radical (unpaired) electrons. The molecule has 0 heterocycles. The Balaban J connectivity index is 2.76. The number of amides is 1. The Bertz CT molecular complexity index is 875. The zero-order valence-corrected chi connectivity index (χ0v) is 22.7. The standard InChI is InChI=1S/C28H47NO4S/c1-6-8-9-10-11-12-13-14-15-16-18-24-23(3)25(19-20-26(24)34(31,32)33)28(4,5)21-17-22-29-27(30)7-2/h7,19-20H,2,6,8-18,21-22H2,1,3-5H3,(H,29,30)(H,31,32,33). The lowest BCUT2D eigenvalue weighted by Gasteiger charge is -2.29. The average Bonchev–Trinajstić information content (AvgIpc) is 2.77. The normalized spacial score (nSPS) is 12.0. The molecule has 1 rings (SSSR count). The van der Waals surface area contributed by atoms with Crippen molar-refractivity contribution >= 4 is 16.0 Å². The number of benzene rings is 1. The maximum absolute atomic E-state index is 12.1. The summed E-state index contributed by atoms with van der Waals surface area (Å²) in [5, 5.41) is 2.80. The first-order valence-corrected chi connectivity index (χ1v) is 14.5. The molecule has 34 heavy (non-hydrogen) atoms. The molecule has 0 saturated heterocycles. The van der Waals surface area contributed by atoms with Gasteiger partial charge in [-0.2, -0.15) is 8.42 Å². The third-order valence-corrected chi connectivity index (χ3v) is 7.74. The van der Waals surface area contributed by atoms with Gasteiger partial charge in [0.15, 0.2) is 0 Å². The van der Waals surface area contributed by atoms with Crippen LogP contribution in [-0.2, 0) is 26.7 Å². The summed E-state index contributed by atoms with van der Waals surface area (Å²) in [6.07, 6.45) is 15.8. The van der Waals surface area contributed by atoms with Crippen molar-refractivity contribution in [2.24, 2.45) is 0 Å². The van der Waals surface area contributed by atoms with Crippen molar-refractivity contribution in [1.29, 1.82) is 0 Å². The molecule has 194 valence electrons. The number of hydrogen-bond acceptors (Lipinski definition) is 3. The maximum atomic E-state index is 12.1. The lowest BCUT2D eigenvalue weighted by Crippen LogP contribution is -2.25. The number of nitrogens with one attached hydrogen (secondary N) is 1. The second kappa shape index (κ2) is 15.4. The van der Waals surface area contributed by atoms with E-state index in [0.29, 0.717) is 13.0 Å². The van der Waals surface area contributed by atoms with E-state index in [9.17, 15) is 17.8 Å². The predicted octanol–water partition coefficient (Wildman–Crippen LogP) is 7.07. The summed E-state index contributed by atoms with van der Waals surface area (Å²) in [7, 11) is -4.27. The van der Waals surface area contributed by atoms with Gasteiger partial charge >= 0.3 is 0 Å². The molecule has 1 aromatic rings. The summed E-state index contributed by atoms with van der Waals surface area (Å²) in [6.45, 7) is 12.5. The summed E-state index contributed by atoms with van der Waals surface area (Å²) in [5.74, 6) is -0.176. The lowest BCUT2D eigenvalue weighted by molar-refractivity contribution is -0.116. The molecule has 0 spiro atoms. The minimum absolute atomic E-state index is 0.0405. The fourth-order valence-corrected chi connectivity index (χ4v) is 5.56. The fraction of sp³-hybridized carbons (Fsp3) is 0.679. The Morgan fingerprint density at radius 3 is 2.09 bits per heavy atom. The van der Waals surface area contributed by atoms with Gasteiger partial charge in [0.1, 0.15) is 0 Å². The maximum Gasteiger partial charge on any atom is 0.294 e. The SMILES string of the molecule is C=CC(=O)NCCCC(C)(C)c1ccc(S(=O)(=O)O)c(CCCCCCCCCCCC)c1C. The molecule has 0 aliphatic heterocycles. The number of carbonyl (C=O) groups excluding carboxylic acids is 1. The molecule has 0 unspecified atom stereocenters. The second-order valence-electron chi connectivity index (χ2n) is 10.1. The molecule has 0 aromatic heterocycles. The largest absolute Gasteiger partial charge is 0.353 e. The minimum atomic E-state index is -4.27. The van der Waals surface area contributed by atoms with Gasteiger partial charge in [-0.3, -0.25) is 9.35 Å². The van der Waals surface area contributed by atoms with Crippen molar-refractivity contribution < 1.29 is 17.8 Å². The predicted molar refractivity (Wildman–Crippen MR) is 142 cm³/mol. The first-order chi connectivity index (χ1) is 16.0. The highest BCUT2D eigenvalue weighted by Gasteiger charge is 2.26. The minimum Gasteiger partial charge on any atom is -0.353 e. The van der Waals surface area contributed by atoms with Gasteiger partial charge in [0.05, 0.1) is 4.90 Å². The van der Waals surface area contributed by atoms with Crippen molar-refractivity contribution in [3.63, 3.8) is 0 Å². The molecule has 0 saturated carbocycles. The van der Waals surface area contributed by atoms with Crippen molar-refractivity contribution in [2.45, 2.75) is 121 Å². The van der Waals surface area contributed by atoms with Gasteiger partial charge in [0.25, 0.3) is 10.1 Å². The van der Waals surface area contributed by atoms with Gasteiger partial charge < -0.3 is 5.32 Å². The molecule has 6 heteroatoms. The Morgan fingerprint density at radius 1 is 1.00 bits per heavy atom. The van der Waals surface area contributed by atoms with E-state index in [1.165, 1.54) is 51.0 Å². The van der Waals surface area contributed by atoms with E-state index in [1.54, 1.807) is 6.07 Å². The number of rotatable bonds is 18. The van der Waals surface area contributed by atoms with Gasteiger partial charge in [-0.05, 0) is 66.9 Å². The highest BCUT2D eigenvalue weighted by molar-refractivity contribution is 7.85. The first-order valence-electron chi connectivity index (χ1n) is 13.0. The van der Waals surface area contributed by atoms with Gasteiger partial charge in [0, 0.05) is 6.54 Å². The Kier molecular flexibility index (Phi) is 13.7.